The van der Waals surface area contributed by atoms with E-state index in [1.165, 1.54) is 25.5 Å². The van der Waals surface area contributed by atoms with E-state index in [0.717, 1.165) is 11.4 Å². The SMILES string of the molecule is CCC(C)Oc1c(OC)cc(C=NN2C(=O)C3C4C=CC(C4)C3C2=O)cc1[N+](=O)[O-]. The van der Waals surface area contributed by atoms with Crippen molar-refractivity contribution < 1.29 is 24.0 Å². The van der Waals surface area contributed by atoms with E-state index in [2.05, 4.69) is 5.10 Å². The first-order valence-electron chi connectivity index (χ1n) is 9.98. The molecule has 5 unspecified atom stereocenters. The number of rotatable bonds is 7. The number of nitro groups is 1. The molecule has 1 aromatic carbocycles. The van der Waals surface area contributed by atoms with E-state index < -0.39 is 4.92 Å². The number of carbonyl (C=O) groups excluding carboxylic acids is 2. The molecule has 2 amide bonds. The molecule has 1 saturated carbocycles. The Morgan fingerprint density at radius 3 is 2.43 bits per heavy atom. The molecule has 2 aliphatic carbocycles. The highest BCUT2D eigenvalue weighted by Gasteiger charge is 2.59. The number of methoxy groups -OCH3 is 1. The maximum atomic E-state index is 12.7. The molecule has 1 heterocycles. The first kappa shape index (κ1) is 20.1. The van der Waals surface area contributed by atoms with Crippen molar-refractivity contribution in [1.82, 2.24) is 5.01 Å². The Bertz CT molecular complexity index is 942. The molecule has 5 atom stereocenters. The summed E-state index contributed by atoms with van der Waals surface area (Å²) < 4.78 is 11.0. The van der Waals surface area contributed by atoms with Gasteiger partial charge in [-0.2, -0.15) is 10.1 Å². The van der Waals surface area contributed by atoms with E-state index in [1.54, 1.807) is 0 Å². The number of nitro benzene ring substituents is 1. The second kappa shape index (κ2) is 7.55. The molecule has 9 heteroatoms. The Hall–Kier alpha value is -3.23. The van der Waals surface area contributed by atoms with Crippen LogP contribution in [0.1, 0.15) is 32.3 Å². The van der Waals surface area contributed by atoms with Crippen LogP contribution >= 0.6 is 0 Å². The fourth-order valence-electron chi connectivity index (χ4n) is 4.50. The summed E-state index contributed by atoms with van der Waals surface area (Å²) in [5, 5.41) is 16.6. The van der Waals surface area contributed by atoms with Gasteiger partial charge >= 0.3 is 5.69 Å². The van der Waals surface area contributed by atoms with Crippen LogP contribution in [0.25, 0.3) is 0 Å². The highest BCUT2D eigenvalue weighted by molar-refractivity contribution is 6.06. The zero-order valence-corrected chi connectivity index (χ0v) is 17.0. The zero-order chi connectivity index (χ0) is 21.6. The maximum Gasteiger partial charge on any atom is 0.315 e. The van der Waals surface area contributed by atoms with E-state index in [0.29, 0.717) is 12.0 Å². The van der Waals surface area contributed by atoms with E-state index in [1.807, 2.05) is 26.0 Å². The fourth-order valence-corrected chi connectivity index (χ4v) is 4.50. The van der Waals surface area contributed by atoms with E-state index >= 15 is 0 Å². The molecule has 1 aromatic rings. The van der Waals surface area contributed by atoms with Gasteiger partial charge in [0.15, 0.2) is 5.75 Å². The Balaban J connectivity index is 1.62. The lowest BCUT2D eigenvalue weighted by atomic mass is 9.85. The van der Waals surface area contributed by atoms with Crippen molar-refractivity contribution in [3.8, 4) is 11.5 Å². The van der Waals surface area contributed by atoms with Crippen LogP contribution in [-0.4, -0.2) is 41.2 Å². The van der Waals surface area contributed by atoms with Crippen LogP contribution in [0.3, 0.4) is 0 Å². The zero-order valence-electron chi connectivity index (χ0n) is 17.0. The lowest BCUT2D eigenvalue weighted by Gasteiger charge is -2.16. The normalized spacial score (nSPS) is 27.8. The number of fused-ring (bicyclic) bond motifs is 5. The van der Waals surface area contributed by atoms with Gasteiger partial charge in [-0.3, -0.25) is 19.7 Å². The Labute approximate surface area is 173 Å². The van der Waals surface area contributed by atoms with Crippen LogP contribution in [0.5, 0.6) is 11.5 Å². The standard InChI is InChI=1S/C21H23N3O6/c1-4-11(2)30-19-15(24(27)28)7-12(8-16(19)29-3)10-22-23-20(25)17-13-5-6-14(9-13)18(17)21(23)26/h5-8,10-11,13-14,17-18H,4,9H2,1-3H3. The smallest absolute Gasteiger partial charge is 0.315 e. The number of hydrogen-bond acceptors (Lipinski definition) is 7. The summed E-state index contributed by atoms with van der Waals surface area (Å²) >= 11 is 0. The molecular formula is C21H23N3O6. The molecule has 9 nitrogen and oxygen atoms in total. The first-order valence-corrected chi connectivity index (χ1v) is 9.98. The molecule has 0 spiro atoms. The first-order chi connectivity index (χ1) is 14.3. The van der Waals surface area contributed by atoms with Crippen LogP contribution in [0, 0.1) is 33.8 Å². The molecule has 0 N–H and O–H groups in total. The lowest BCUT2D eigenvalue weighted by molar-refractivity contribution is -0.386. The topological polar surface area (TPSA) is 111 Å². The van der Waals surface area contributed by atoms with Gasteiger partial charge in [0.25, 0.3) is 11.8 Å². The Morgan fingerprint density at radius 2 is 1.90 bits per heavy atom. The minimum absolute atomic E-state index is 0.0412. The van der Waals surface area contributed by atoms with Crippen molar-refractivity contribution in [2.75, 3.05) is 7.11 Å². The monoisotopic (exact) mass is 413 g/mol. The van der Waals surface area contributed by atoms with Crippen molar-refractivity contribution in [2.45, 2.75) is 32.8 Å². The third-order valence-corrected chi connectivity index (χ3v) is 6.14. The predicted octanol–water partition coefficient (Wildman–Crippen LogP) is 2.92. The molecule has 30 heavy (non-hydrogen) atoms. The van der Waals surface area contributed by atoms with Gasteiger partial charge in [-0.05, 0) is 37.7 Å². The number of hydrazone groups is 1. The maximum absolute atomic E-state index is 12.7. The number of benzene rings is 1. The molecule has 3 aliphatic rings. The van der Waals surface area contributed by atoms with Crippen molar-refractivity contribution in [3.05, 3.63) is 40.0 Å². The van der Waals surface area contributed by atoms with Crippen molar-refractivity contribution in [2.24, 2.45) is 28.8 Å². The Kier molecular flexibility index (Phi) is 5.05. The highest BCUT2D eigenvalue weighted by Crippen LogP contribution is 2.52. The number of hydrogen-bond donors (Lipinski definition) is 0. The summed E-state index contributed by atoms with van der Waals surface area (Å²) in [5.74, 6) is -0.902. The van der Waals surface area contributed by atoms with Crippen LogP contribution in [0.4, 0.5) is 5.69 Å². The van der Waals surface area contributed by atoms with Gasteiger partial charge < -0.3 is 9.47 Å². The summed E-state index contributed by atoms with van der Waals surface area (Å²) in [7, 11) is 1.39. The van der Waals surface area contributed by atoms with E-state index in [-0.39, 0.29) is 58.8 Å². The van der Waals surface area contributed by atoms with Gasteiger partial charge in [-0.1, -0.05) is 19.1 Å². The van der Waals surface area contributed by atoms with Crippen LogP contribution < -0.4 is 9.47 Å². The average Bonchev–Trinajstić information content (AvgIpc) is 3.41. The van der Waals surface area contributed by atoms with E-state index in [9.17, 15) is 19.7 Å². The molecule has 0 radical (unpaired) electrons. The minimum Gasteiger partial charge on any atom is -0.493 e. The number of amides is 2. The molecule has 1 aliphatic heterocycles. The quantitative estimate of drug-likeness (QED) is 0.223. The molecule has 1 saturated heterocycles. The molecule has 2 fully saturated rings. The Morgan fingerprint density at radius 1 is 1.27 bits per heavy atom. The molecule has 2 bridgehead atoms. The van der Waals surface area contributed by atoms with Gasteiger partial charge in [-0.15, -0.1) is 0 Å². The van der Waals surface area contributed by atoms with Crippen molar-refractivity contribution >= 4 is 23.7 Å². The van der Waals surface area contributed by atoms with Crippen LogP contribution in [0.2, 0.25) is 0 Å². The summed E-state index contributed by atoms with van der Waals surface area (Å²) in [6.07, 6.45) is 6.56. The second-order valence-corrected chi connectivity index (χ2v) is 7.90. The summed E-state index contributed by atoms with van der Waals surface area (Å²) in [6, 6.07) is 2.83. The van der Waals surface area contributed by atoms with Gasteiger partial charge in [0.2, 0.25) is 5.75 Å². The molecule has 4 rings (SSSR count). The van der Waals surface area contributed by atoms with Crippen molar-refractivity contribution in [1.29, 1.82) is 0 Å². The average molecular weight is 413 g/mol. The van der Waals surface area contributed by atoms with Crippen molar-refractivity contribution in [3.63, 3.8) is 0 Å². The number of nitrogens with zero attached hydrogens (tertiary/aromatic N) is 3. The fraction of sp³-hybridized carbons (Fsp3) is 0.476. The number of allylic oxidation sites excluding steroid dienone is 2. The van der Waals surface area contributed by atoms with Gasteiger partial charge in [0, 0.05) is 11.6 Å². The van der Waals surface area contributed by atoms with Gasteiger partial charge in [-0.25, -0.2) is 0 Å². The predicted molar refractivity (Wildman–Crippen MR) is 107 cm³/mol. The molecule has 0 aromatic heterocycles. The van der Waals surface area contributed by atoms with Gasteiger partial charge in [0.1, 0.15) is 0 Å². The number of ether oxygens (including phenoxy) is 2. The summed E-state index contributed by atoms with van der Waals surface area (Å²) in [6.45, 7) is 3.72. The summed E-state index contributed by atoms with van der Waals surface area (Å²) in [5.41, 5.74) is 0.0584. The minimum atomic E-state index is -0.558. The van der Waals surface area contributed by atoms with Crippen LogP contribution in [-0.2, 0) is 9.59 Å². The second-order valence-electron chi connectivity index (χ2n) is 7.90. The molecule has 158 valence electrons. The third-order valence-electron chi connectivity index (χ3n) is 6.14. The van der Waals surface area contributed by atoms with Gasteiger partial charge in [0.05, 0.1) is 36.2 Å². The summed E-state index contributed by atoms with van der Waals surface area (Å²) in [4.78, 5) is 36.5. The lowest BCUT2D eigenvalue weighted by Crippen LogP contribution is -2.28. The number of carbonyl (C=O) groups is 2. The largest absolute Gasteiger partial charge is 0.493 e. The third kappa shape index (κ3) is 3.14. The van der Waals surface area contributed by atoms with Crippen LogP contribution in [0.15, 0.2) is 29.4 Å². The highest BCUT2D eigenvalue weighted by atomic mass is 16.6. The number of imide groups is 1. The van der Waals surface area contributed by atoms with E-state index in [4.69, 9.17) is 9.47 Å². The molecular weight excluding hydrogens is 390 g/mol.